The fourth-order valence-corrected chi connectivity index (χ4v) is 3.44. The summed E-state index contributed by atoms with van der Waals surface area (Å²) in [6.07, 6.45) is 0.650. The van der Waals surface area contributed by atoms with Crippen LogP contribution < -0.4 is 10.9 Å². The largest absolute Gasteiger partial charge is 0.507 e. The highest BCUT2D eigenvalue weighted by Crippen LogP contribution is 2.24. The Morgan fingerprint density at radius 2 is 2.00 bits per heavy atom. The maximum atomic E-state index is 12.6. The molecule has 0 saturated heterocycles. The average molecular weight is 392 g/mol. The molecule has 3 aromatic rings. The van der Waals surface area contributed by atoms with Gasteiger partial charge in [-0.2, -0.15) is 0 Å². The van der Waals surface area contributed by atoms with Crippen molar-refractivity contribution in [2.24, 2.45) is 0 Å². The van der Waals surface area contributed by atoms with Gasteiger partial charge >= 0.3 is 5.97 Å². The first-order chi connectivity index (χ1) is 14.0. The lowest BCUT2D eigenvalue weighted by molar-refractivity contribution is 0.0694. The Labute approximate surface area is 166 Å². The van der Waals surface area contributed by atoms with Crippen LogP contribution in [0.15, 0.2) is 53.3 Å². The van der Waals surface area contributed by atoms with E-state index in [2.05, 4.69) is 32.3 Å². The summed E-state index contributed by atoms with van der Waals surface area (Å²) < 4.78 is 0. The Bertz CT molecular complexity index is 1110. The zero-order valence-electron chi connectivity index (χ0n) is 15.6. The number of nitrogens with one attached hydrogen (secondary N) is 2. The van der Waals surface area contributed by atoms with Crippen LogP contribution in [-0.4, -0.2) is 37.6 Å². The van der Waals surface area contributed by atoms with Gasteiger partial charge in [0.25, 0.3) is 5.56 Å². The number of anilines is 2. The molecule has 0 amide bonds. The van der Waals surface area contributed by atoms with Crippen molar-refractivity contribution in [3.8, 4) is 5.75 Å². The quantitative estimate of drug-likeness (QED) is 0.493. The number of hydrogen-bond donors (Lipinski definition) is 4. The summed E-state index contributed by atoms with van der Waals surface area (Å²) in [5, 5.41) is 21.7. The molecule has 0 fully saturated rings. The molecule has 0 spiro atoms. The molecule has 2 heterocycles. The number of aromatic carboxylic acids is 1. The molecular weight excluding hydrogens is 372 g/mol. The first-order valence-corrected chi connectivity index (χ1v) is 9.21. The number of phenols is 1. The minimum absolute atomic E-state index is 0.215. The number of rotatable bonds is 5. The number of fused-ring (bicyclic) bond motifs is 1. The van der Waals surface area contributed by atoms with E-state index in [1.807, 2.05) is 18.2 Å². The van der Waals surface area contributed by atoms with Crippen molar-refractivity contribution in [2.75, 3.05) is 11.9 Å². The highest BCUT2D eigenvalue weighted by molar-refractivity contribution is 5.92. The molecule has 29 heavy (non-hydrogen) atoms. The van der Waals surface area contributed by atoms with E-state index in [9.17, 15) is 14.7 Å². The fourth-order valence-electron chi connectivity index (χ4n) is 3.44. The number of nitrogens with zero attached hydrogens (tertiary/aromatic N) is 2. The van der Waals surface area contributed by atoms with Crippen molar-refractivity contribution in [3.63, 3.8) is 0 Å². The Hall–Kier alpha value is -3.65. The molecule has 8 heteroatoms. The third-order valence-corrected chi connectivity index (χ3v) is 4.89. The third-order valence-electron chi connectivity index (χ3n) is 4.89. The van der Waals surface area contributed by atoms with Gasteiger partial charge in [-0.1, -0.05) is 30.3 Å². The number of aromatic nitrogens is 2. The number of carbonyl (C=O) groups is 1. The van der Waals surface area contributed by atoms with Gasteiger partial charge < -0.3 is 15.5 Å². The van der Waals surface area contributed by atoms with Crippen LogP contribution in [-0.2, 0) is 19.5 Å². The molecule has 0 atom stereocenters. The predicted molar refractivity (Wildman–Crippen MR) is 107 cm³/mol. The van der Waals surface area contributed by atoms with Crippen LogP contribution in [0.1, 0.15) is 27.2 Å². The number of aromatic hydroxyl groups is 1. The van der Waals surface area contributed by atoms with Crippen molar-refractivity contribution < 1.29 is 15.0 Å². The zero-order valence-corrected chi connectivity index (χ0v) is 15.6. The van der Waals surface area contributed by atoms with Crippen molar-refractivity contribution in [1.82, 2.24) is 14.9 Å². The summed E-state index contributed by atoms with van der Waals surface area (Å²) in [4.78, 5) is 33.2. The predicted octanol–water partition coefficient (Wildman–Crippen LogP) is 2.48. The molecule has 8 nitrogen and oxygen atoms in total. The topological polar surface area (TPSA) is 119 Å². The second kappa shape index (κ2) is 7.76. The molecule has 148 valence electrons. The number of carboxylic acids is 1. The van der Waals surface area contributed by atoms with E-state index in [0.29, 0.717) is 24.2 Å². The summed E-state index contributed by atoms with van der Waals surface area (Å²) in [6, 6.07) is 14.2. The van der Waals surface area contributed by atoms with E-state index in [1.165, 1.54) is 23.8 Å². The highest BCUT2D eigenvalue weighted by atomic mass is 16.4. The Morgan fingerprint density at radius 1 is 1.21 bits per heavy atom. The van der Waals surface area contributed by atoms with Crippen LogP contribution >= 0.6 is 0 Å². The van der Waals surface area contributed by atoms with Crippen LogP contribution in [0, 0.1) is 0 Å². The monoisotopic (exact) mass is 392 g/mol. The summed E-state index contributed by atoms with van der Waals surface area (Å²) in [5.41, 5.74) is 2.54. The van der Waals surface area contributed by atoms with E-state index >= 15 is 0 Å². The highest BCUT2D eigenvalue weighted by Gasteiger charge is 2.21. The van der Waals surface area contributed by atoms with Crippen LogP contribution in [0.25, 0.3) is 0 Å². The molecule has 1 aliphatic rings. The minimum Gasteiger partial charge on any atom is -0.507 e. The van der Waals surface area contributed by atoms with E-state index < -0.39 is 5.97 Å². The number of carboxylic acid groups (broad SMARTS) is 1. The number of aromatic amines is 1. The van der Waals surface area contributed by atoms with Crippen LogP contribution in [0.3, 0.4) is 0 Å². The van der Waals surface area contributed by atoms with Crippen molar-refractivity contribution in [1.29, 1.82) is 0 Å². The number of hydrogen-bond acceptors (Lipinski definition) is 6. The Kier molecular flexibility index (Phi) is 5.01. The van der Waals surface area contributed by atoms with Gasteiger partial charge in [0.05, 0.1) is 11.3 Å². The molecule has 0 aliphatic carbocycles. The normalized spacial score (nSPS) is 13.7. The van der Waals surface area contributed by atoms with Gasteiger partial charge in [-0.25, -0.2) is 9.78 Å². The number of benzene rings is 2. The maximum Gasteiger partial charge on any atom is 0.339 e. The van der Waals surface area contributed by atoms with Gasteiger partial charge in [0.1, 0.15) is 11.3 Å². The SMILES string of the molecule is O=C(O)c1cc(Nc2nc3c(c(=O)[nH]2)CN(Cc2ccccc2)CC3)ccc1O. The zero-order chi connectivity index (χ0) is 20.4. The molecule has 0 saturated carbocycles. The molecule has 4 N–H and O–H groups in total. The second-order valence-corrected chi connectivity index (χ2v) is 6.95. The molecule has 2 aromatic carbocycles. The van der Waals surface area contributed by atoms with E-state index in [0.717, 1.165) is 18.8 Å². The van der Waals surface area contributed by atoms with Gasteiger partial charge in [0, 0.05) is 31.7 Å². The first-order valence-electron chi connectivity index (χ1n) is 9.21. The van der Waals surface area contributed by atoms with E-state index in [-0.39, 0.29) is 22.8 Å². The lowest BCUT2D eigenvalue weighted by Gasteiger charge is -2.27. The van der Waals surface area contributed by atoms with E-state index in [1.54, 1.807) is 0 Å². The van der Waals surface area contributed by atoms with Crippen molar-refractivity contribution in [2.45, 2.75) is 19.5 Å². The Morgan fingerprint density at radius 3 is 2.76 bits per heavy atom. The summed E-state index contributed by atoms with van der Waals surface area (Å²) in [7, 11) is 0. The molecule has 0 unspecified atom stereocenters. The Balaban J connectivity index is 1.53. The molecule has 4 rings (SSSR count). The summed E-state index contributed by atoms with van der Waals surface area (Å²) in [6.45, 7) is 2.08. The van der Waals surface area contributed by atoms with Gasteiger partial charge in [-0.05, 0) is 23.8 Å². The summed E-state index contributed by atoms with van der Waals surface area (Å²) in [5.74, 6) is -1.32. The minimum atomic E-state index is -1.24. The fraction of sp³-hybridized carbons (Fsp3) is 0.190. The average Bonchev–Trinajstić information content (AvgIpc) is 2.70. The van der Waals surface area contributed by atoms with Crippen LogP contribution in [0.5, 0.6) is 5.75 Å². The van der Waals surface area contributed by atoms with Gasteiger partial charge in [-0.15, -0.1) is 0 Å². The van der Waals surface area contributed by atoms with Gasteiger partial charge in [0.2, 0.25) is 5.95 Å². The number of H-pyrrole nitrogens is 1. The summed E-state index contributed by atoms with van der Waals surface area (Å²) >= 11 is 0. The first kappa shape index (κ1) is 18.7. The second-order valence-electron chi connectivity index (χ2n) is 6.95. The van der Waals surface area contributed by atoms with Crippen molar-refractivity contribution in [3.05, 3.63) is 81.3 Å². The van der Waals surface area contributed by atoms with Gasteiger partial charge in [-0.3, -0.25) is 14.7 Å². The maximum absolute atomic E-state index is 12.6. The molecule has 1 aromatic heterocycles. The standard InChI is InChI=1S/C21H20N4O4/c26-18-7-6-14(10-15(18)20(28)29)22-21-23-17-8-9-25(12-16(17)19(27)24-21)11-13-4-2-1-3-5-13/h1-7,10,26H,8-9,11-12H2,(H,28,29)(H2,22,23,24,27). The van der Waals surface area contributed by atoms with Gasteiger partial charge in [0.15, 0.2) is 0 Å². The smallest absolute Gasteiger partial charge is 0.339 e. The van der Waals surface area contributed by atoms with Crippen molar-refractivity contribution >= 4 is 17.6 Å². The lowest BCUT2D eigenvalue weighted by atomic mass is 10.1. The van der Waals surface area contributed by atoms with Crippen LogP contribution in [0.2, 0.25) is 0 Å². The van der Waals surface area contributed by atoms with Crippen LogP contribution in [0.4, 0.5) is 11.6 Å². The molecule has 0 bridgehead atoms. The molecule has 0 radical (unpaired) electrons. The third kappa shape index (κ3) is 4.12. The molecular formula is C21H20N4O4. The lowest BCUT2D eigenvalue weighted by Crippen LogP contribution is -2.35. The van der Waals surface area contributed by atoms with E-state index in [4.69, 9.17) is 5.11 Å². The molecule has 1 aliphatic heterocycles.